The number of nitrogens with zero attached hydrogens (tertiary/aromatic N) is 1. The zero-order valence-corrected chi connectivity index (χ0v) is 20.7. The lowest BCUT2D eigenvalue weighted by molar-refractivity contribution is -0.129. The number of esters is 1. The summed E-state index contributed by atoms with van der Waals surface area (Å²) < 4.78 is 16.5. The number of benzene rings is 1. The molecule has 1 fully saturated rings. The molecule has 0 bridgehead atoms. The number of likely N-dealkylation sites (tertiary alicyclic amines) is 1. The Morgan fingerprint density at radius 1 is 1.16 bits per heavy atom. The average molecular weight is 504 g/mol. The van der Waals surface area contributed by atoms with Crippen molar-refractivity contribution in [2.75, 3.05) is 26.8 Å². The number of amides is 1. The average Bonchev–Trinajstić information content (AvgIpc) is 3.04. The van der Waals surface area contributed by atoms with E-state index in [0.717, 1.165) is 0 Å². The molecule has 1 aromatic carbocycles. The number of nitrogens with one attached hydrogen (secondary N) is 1. The largest absolute Gasteiger partial charge is 0.462 e. The van der Waals surface area contributed by atoms with Gasteiger partial charge in [-0.15, -0.1) is 0 Å². The summed E-state index contributed by atoms with van der Waals surface area (Å²) in [7, 11) is 1.52. The number of aromatic amines is 1. The predicted molar refractivity (Wildman–Crippen MR) is 124 cm³/mol. The molecule has 2 aromatic rings. The Morgan fingerprint density at radius 2 is 1.75 bits per heavy atom. The molecule has 0 aliphatic carbocycles. The van der Waals surface area contributed by atoms with Crippen LogP contribution >= 0.6 is 34.8 Å². The van der Waals surface area contributed by atoms with Gasteiger partial charge >= 0.3 is 12.1 Å². The van der Waals surface area contributed by atoms with Crippen LogP contribution in [0.2, 0.25) is 15.1 Å². The second-order valence-corrected chi connectivity index (χ2v) is 9.70. The van der Waals surface area contributed by atoms with Crippen LogP contribution in [0.25, 0.3) is 11.1 Å². The topological polar surface area (TPSA) is 80.9 Å². The lowest BCUT2D eigenvalue weighted by Crippen LogP contribution is -2.63. The van der Waals surface area contributed by atoms with Crippen LogP contribution in [0.15, 0.2) is 18.3 Å². The lowest BCUT2D eigenvalue weighted by Gasteiger charge is -2.48. The molecule has 3 rings (SSSR count). The number of methoxy groups -OCH3 is 1. The zero-order chi connectivity index (χ0) is 23.8. The molecule has 1 amide bonds. The molecule has 0 radical (unpaired) electrons. The maximum atomic E-state index is 13.0. The predicted octanol–water partition coefficient (Wildman–Crippen LogP) is 5.91. The number of hydrogen-bond acceptors (Lipinski definition) is 5. The maximum absolute atomic E-state index is 13.0. The van der Waals surface area contributed by atoms with Gasteiger partial charge in [-0.2, -0.15) is 0 Å². The van der Waals surface area contributed by atoms with Crippen molar-refractivity contribution >= 4 is 46.9 Å². The van der Waals surface area contributed by atoms with Crippen LogP contribution in [-0.2, 0) is 19.8 Å². The van der Waals surface area contributed by atoms with Crippen LogP contribution < -0.4 is 0 Å². The van der Waals surface area contributed by atoms with Gasteiger partial charge in [0.05, 0.1) is 41.0 Å². The van der Waals surface area contributed by atoms with Crippen molar-refractivity contribution in [2.45, 2.75) is 38.9 Å². The van der Waals surface area contributed by atoms with Crippen molar-refractivity contribution in [1.29, 1.82) is 0 Å². The number of H-pyrrole nitrogens is 1. The summed E-state index contributed by atoms with van der Waals surface area (Å²) in [6, 6.07) is 3.09. The van der Waals surface area contributed by atoms with Gasteiger partial charge in [-0.1, -0.05) is 34.8 Å². The molecule has 1 N–H and O–H groups in total. The Labute approximate surface area is 201 Å². The Hall–Kier alpha value is -1.93. The van der Waals surface area contributed by atoms with Crippen molar-refractivity contribution in [3.05, 3.63) is 44.7 Å². The maximum Gasteiger partial charge on any atom is 0.410 e. The second kappa shape index (κ2) is 9.14. The van der Waals surface area contributed by atoms with Gasteiger partial charge < -0.3 is 24.1 Å². The molecule has 0 spiro atoms. The van der Waals surface area contributed by atoms with Crippen molar-refractivity contribution in [2.24, 2.45) is 0 Å². The molecule has 0 unspecified atom stereocenters. The quantitative estimate of drug-likeness (QED) is 0.513. The van der Waals surface area contributed by atoms with Crippen LogP contribution in [0.3, 0.4) is 0 Å². The van der Waals surface area contributed by atoms with E-state index < -0.39 is 23.3 Å². The van der Waals surface area contributed by atoms with E-state index in [9.17, 15) is 9.59 Å². The van der Waals surface area contributed by atoms with Crippen LogP contribution in [0.1, 0.15) is 43.7 Å². The van der Waals surface area contributed by atoms with Gasteiger partial charge in [-0.25, -0.2) is 9.59 Å². The monoisotopic (exact) mass is 502 g/mol. The summed E-state index contributed by atoms with van der Waals surface area (Å²) in [6.45, 7) is 7.65. The number of halogens is 3. The summed E-state index contributed by atoms with van der Waals surface area (Å²) in [5.41, 5.74) is 0.0251. The first kappa shape index (κ1) is 24.7. The second-order valence-electron chi connectivity index (χ2n) is 8.45. The fraction of sp³-hybridized carbons (Fsp3) is 0.455. The molecule has 1 saturated heterocycles. The summed E-state index contributed by atoms with van der Waals surface area (Å²) in [5.74, 6) is -0.562. The molecule has 0 atom stereocenters. The number of hydrogen-bond donors (Lipinski definition) is 1. The zero-order valence-electron chi connectivity index (χ0n) is 18.5. The van der Waals surface area contributed by atoms with E-state index >= 15 is 0 Å². The van der Waals surface area contributed by atoms with Crippen molar-refractivity contribution in [1.82, 2.24) is 9.88 Å². The molecule has 7 nitrogen and oxygen atoms in total. The third kappa shape index (κ3) is 4.71. The fourth-order valence-corrected chi connectivity index (χ4v) is 4.63. The van der Waals surface area contributed by atoms with Gasteiger partial charge in [0.1, 0.15) is 11.2 Å². The van der Waals surface area contributed by atoms with E-state index in [2.05, 4.69) is 4.98 Å². The molecular formula is C22H25Cl3N2O5. The van der Waals surface area contributed by atoms with Crippen LogP contribution in [0.5, 0.6) is 0 Å². The first-order valence-electron chi connectivity index (χ1n) is 9.99. The van der Waals surface area contributed by atoms with Gasteiger partial charge in [-0.3, -0.25) is 0 Å². The first-order chi connectivity index (χ1) is 14.9. The molecule has 1 aliphatic rings. The normalized spacial score (nSPS) is 15.3. The van der Waals surface area contributed by atoms with E-state index in [1.54, 1.807) is 46.0 Å². The Bertz CT molecular complexity index is 1020. The Morgan fingerprint density at radius 3 is 2.25 bits per heavy atom. The van der Waals surface area contributed by atoms with E-state index in [0.29, 0.717) is 21.8 Å². The molecule has 1 aromatic heterocycles. The standard InChI is InChI=1S/C22H25Cl3N2O5/c1-6-31-19(28)17-13(16-14(24)7-12(23)8-15(16)25)9-26-18(17)22(30-5)10-27(11-22)20(29)32-21(2,3)4/h7-9,26H,6,10-11H2,1-5H3. The number of carbonyl (C=O) groups is 2. The third-order valence-electron chi connectivity index (χ3n) is 5.03. The van der Waals surface area contributed by atoms with E-state index in [1.165, 1.54) is 12.0 Å². The van der Waals surface area contributed by atoms with Crippen molar-refractivity contribution < 1.29 is 23.8 Å². The van der Waals surface area contributed by atoms with Gasteiger partial charge in [0.25, 0.3) is 0 Å². The molecule has 32 heavy (non-hydrogen) atoms. The Balaban J connectivity index is 2.04. The Kier molecular flexibility index (Phi) is 7.05. The molecule has 1 aliphatic heterocycles. The van der Waals surface area contributed by atoms with Gasteiger partial charge in [-0.05, 0) is 39.8 Å². The van der Waals surface area contributed by atoms with Gasteiger partial charge in [0.2, 0.25) is 0 Å². The van der Waals surface area contributed by atoms with Gasteiger partial charge in [0, 0.05) is 29.5 Å². The van der Waals surface area contributed by atoms with E-state index in [4.69, 9.17) is 49.0 Å². The third-order valence-corrected chi connectivity index (χ3v) is 5.84. The minimum absolute atomic E-state index is 0.176. The van der Waals surface area contributed by atoms with E-state index in [1.807, 2.05) is 0 Å². The van der Waals surface area contributed by atoms with Crippen LogP contribution in [0.4, 0.5) is 4.79 Å². The van der Waals surface area contributed by atoms with Crippen LogP contribution in [-0.4, -0.2) is 54.4 Å². The summed E-state index contributed by atoms with van der Waals surface area (Å²) in [4.78, 5) is 30.1. The number of rotatable bonds is 5. The summed E-state index contributed by atoms with van der Waals surface area (Å²) in [6.07, 6.45) is 1.16. The molecule has 174 valence electrons. The number of ether oxygens (including phenoxy) is 3. The highest BCUT2D eigenvalue weighted by Gasteiger charge is 2.51. The van der Waals surface area contributed by atoms with E-state index in [-0.39, 0.29) is 35.3 Å². The highest BCUT2D eigenvalue weighted by atomic mass is 35.5. The summed E-state index contributed by atoms with van der Waals surface area (Å²) >= 11 is 18.9. The van der Waals surface area contributed by atoms with Crippen molar-refractivity contribution in [3.8, 4) is 11.1 Å². The fourth-order valence-electron chi connectivity index (χ4n) is 3.61. The van der Waals surface area contributed by atoms with Crippen molar-refractivity contribution in [3.63, 3.8) is 0 Å². The summed E-state index contributed by atoms with van der Waals surface area (Å²) in [5, 5.41) is 0.945. The van der Waals surface area contributed by atoms with Crippen LogP contribution in [0, 0.1) is 0 Å². The first-order valence-corrected chi connectivity index (χ1v) is 11.1. The van der Waals surface area contributed by atoms with Gasteiger partial charge in [0.15, 0.2) is 0 Å². The molecule has 0 saturated carbocycles. The lowest BCUT2D eigenvalue weighted by atomic mass is 9.86. The minimum atomic E-state index is -0.956. The molecular weight excluding hydrogens is 479 g/mol. The highest BCUT2D eigenvalue weighted by molar-refractivity contribution is 6.42. The SMILES string of the molecule is CCOC(=O)c1c(-c2c(Cl)cc(Cl)cc2Cl)c[nH]c1C1(OC)CN(C(=O)OC(C)(C)C)C1. The minimum Gasteiger partial charge on any atom is -0.462 e. The number of carbonyl (C=O) groups excluding carboxylic acids is 2. The smallest absolute Gasteiger partial charge is 0.410 e. The highest BCUT2D eigenvalue weighted by Crippen LogP contribution is 2.44. The number of aromatic nitrogens is 1. The molecule has 2 heterocycles. The molecule has 10 heteroatoms.